The van der Waals surface area contributed by atoms with E-state index in [0.29, 0.717) is 5.25 Å². The number of nitrogens with zero attached hydrogens (tertiary/aromatic N) is 1. The van der Waals surface area contributed by atoms with Crippen molar-refractivity contribution in [3.63, 3.8) is 0 Å². The standard InChI is InChI=1S/C8H11NOS3/c10-3-6-4-13-8(9-6)7-5-11-1-2-12-7/h4,7,10H,1-3,5H2. The molecule has 0 spiro atoms. The molecule has 0 bridgehead atoms. The lowest BCUT2D eigenvalue weighted by molar-refractivity contribution is 0.277. The molecule has 2 heterocycles. The third-order valence-electron chi connectivity index (χ3n) is 1.82. The Hall–Kier alpha value is 0.290. The van der Waals surface area contributed by atoms with Crippen molar-refractivity contribution < 1.29 is 5.11 Å². The fraction of sp³-hybridized carbons (Fsp3) is 0.625. The molecule has 5 heteroatoms. The van der Waals surface area contributed by atoms with E-state index in [1.165, 1.54) is 22.3 Å². The van der Waals surface area contributed by atoms with E-state index in [-0.39, 0.29) is 6.61 Å². The van der Waals surface area contributed by atoms with E-state index < -0.39 is 0 Å². The van der Waals surface area contributed by atoms with Gasteiger partial charge in [0.1, 0.15) is 5.01 Å². The third-order valence-corrected chi connectivity index (χ3v) is 5.74. The summed E-state index contributed by atoms with van der Waals surface area (Å²) in [5, 5.41) is 12.6. The van der Waals surface area contributed by atoms with Crippen molar-refractivity contribution in [1.82, 2.24) is 4.98 Å². The van der Waals surface area contributed by atoms with Crippen LogP contribution < -0.4 is 0 Å². The maximum atomic E-state index is 8.88. The molecule has 0 aliphatic carbocycles. The number of aliphatic hydroxyl groups is 1. The van der Waals surface area contributed by atoms with Gasteiger partial charge in [0.2, 0.25) is 0 Å². The first kappa shape index (κ1) is 9.83. The van der Waals surface area contributed by atoms with E-state index in [1.54, 1.807) is 11.3 Å². The zero-order chi connectivity index (χ0) is 9.10. The minimum Gasteiger partial charge on any atom is -0.390 e. The third kappa shape index (κ3) is 2.40. The average Bonchev–Trinajstić information content (AvgIpc) is 2.67. The molecule has 1 saturated heterocycles. The summed E-state index contributed by atoms with van der Waals surface area (Å²) in [5.74, 6) is 3.66. The number of rotatable bonds is 2. The molecule has 13 heavy (non-hydrogen) atoms. The molecule has 2 nitrogen and oxygen atoms in total. The minimum atomic E-state index is 0.0705. The second-order valence-corrected chi connectivity index (χ2v) is 6.12. The second-order valence-electron chi connectivity index (χ2n) is 2.77. The number of thiazole rings is 1. The largest absolute Gasteiger partial charge is 0.390 e. The van der Waals surface area contributed by atoms with Crippen molar-refractivity contribution in [2.75, 3.05) is 17.3 Å². The molecular formula is C8H11NOS3. The highest BCUT2D eigenvalue weighted by Crippen LogP contribution is 2.37. The molecule has 72 valence electrons. The topological polar surface area (TPSA) is 33.1 Å². The van der Waals surface area contributed by atoms with Crippen molar-refractivity contribution in [2.45, 2.75) is 11.9 Å². The van der Waals surface area contributed by atoms with Gasteiger partial charge in [-0.25, -0.2) is 4.98 Å². The van der Waals surface area contributed by atoms with Crippen LogP contribution in [0, 0.1) is 0 Å². The highest BCUT2D eigenvalue weighted by molar-refractivity contribution is 8.06. The lowest BCUT2D eigenvalue weighted by atomic mass is 10.5. The smallest absolute Gasteiger partial charge is 0.107 e. The molecule has 1 aliphatic rings. The van der Waals surface area contributed by atoms with Gasteiger partial charge in [-0.3, -0.25) is 0 Å². The first-order chi connectivity index (χ1) is 6.40. The molecule has 1 atom stereocenters. The Kier molecular flexibility index (Phi) is 3.54. The van der Waals surface area contributed by atoms with Crippen LogP contribution in [0.3, 0.4) is 0 Å². The molecule has 2 rings (SSSR count). The van der Waals surface area contributed by atoms with Crippen molar-refractivity contribution in [1.29, 1.82) is 0 Å². The zero-order valence-corrected chi connectivity index (χ0v) is 9.55. The van der Waals surface area contributed by atoms with Crippen molar-refractivity contribution >= 4 is 34.9 Å². The van der Waals surface area contributed by atoms with Gasteiger partial charge in [0.15, 0.2) is 0 Å². The summed E-state index contributed by atoms with van der Waals surface area (Å²) >= 11 is 5.66. The van der Waals surface area contributed by atoms with Crippen LogP contribution in [-0.2, 0) is 6.61 Å². The van der Waals surface area contributed by atoms with Crippen LogP contribution in [0.4, 0.5) is 0 Å². The molecule has 1 N–H and O–H groups in total. The van der Waals surface area contributed by atoms with Crippen LogP contribution in [0.2, 0.25) is 0 Å². The molecular weight excluding hydrogens is 222 g/mol. The fourth-order valence-corrected chi connectivity index (χ4v) is 4.99. The van der Waals surface area contributed by atoms with Crippen LogP contribution in [0.1, 0.15) is 16.0 Å². The lowest BCUT2D eigenvalue weighted by Gasteiger charge is -2.18. The number of thioether (sulfide) groups is 2. The number of hydrogen-bond donors (Lipinski definition) is 1. The molecule has 0 amide bonds. The number of aromatic nitrogens is 1. The predicted octanol–water partition coefficient (Wildman–Crippen LogP) is 2.16. The average molecular weight is 233 g/mol. The van der Waals surface area contributed by atoms with Crippen LogP contribution in [0.25, 0.3) is 0 Å². The van der Waals surface area contributed by atoms with E-state index in [1.807, 2.05) is 28.9 Å². The number of hydrogen-bond acceptors (Lipinski definition) is 5. The molecule has 1 aromatic heterocycles. The van der Waals surface area contributed by atoms with Gasteiger partial charge < -0.3 is 5.11 Å². The lowest BCUT2D eigenvalue weighted by Crippen LogP contribution is -2.06. The highest BCUT2D eigenvalue weighted by Gasteiger charge is 2.19. The van der Waals surface area contributed by atoms with Gasteiger partial charge in [0, 0.05) is 22.6 Å². The molecule has 0 aromatic carbocycles. The summed E-state index contributed by atoms with van der Waals surface area (Å²) in [7, 11) is 0. The monoisotopic (exact) mass is 233 g/mol. The zero-order valence-electron chi connectivity index (χ0n) is 7.10. The first-order valence-corrected chi connectivity index (χ1v) is 7.23. The summed E-state index contributed by atoms with van der Waals surface area (Å²) in [4.78, 5) is 4.39. The highest BCUT2D eigenvalue weighted by atomic mass is 32.2. The molecule has 0 saturated carbocycles. The Labute approximate surface area is 90.2 Å². The Morgan fingerprint density at radius 1 is 1.54 bits per heavy atom. The molecule has 0 radical (unpaired) electrons. The fourth-order valence-electron chi connectivity index (χ4n) is 1.17. The maximum Gasteiger partial charge on any atom is 0.107 e. The van der Waals surface area contributed by atoms with E-state index in [9.17, 15) is 0 Å². The van der Waals surface area contributed by atoms with Crippen molar-refractivity contribution in [2.24, 2.45) is 0 Å². The predicted molar refractivity (Wildman–Crippen MR) is 60.6 cm³/mol. The van der Waals surface area contributed by atoms with Gasteiger partial charge in [0.05, 0.1) is 17.6 Å². The van der Waals surface area contributed by atoms with Gasteiger partial charge in [-0.05, 0) is 0 Å². The van der Waals surface area contributed by atoms with Gasteiger partial charge in [0.25, 0.3) is 0 Å². The summed E-state index contributed by atoms with van der Waals surface area (Å²) in [5.41, 5.74) is 0.816. The molecule has 1 unspecified atom stereocenters. The molecule has 1 aliphatic heterocycles. The van der Waals surface area contributed by atoms with Crippen molar-refractivity contribution in [3.8, 4) is 0 Å². The second kappa shape index (κ2) is 4.68. The van der Waals surface area contributed by atoms with Crippen molar-refractivity contribution in [3.05, 3.63) is 16.1 Å². The van der Waals surface area contributed by atoms with Gasteiger partial charge in [-0.15, -0.1) is 23.1 Å². The summed E-state index contributed by atoms with van der Waals surface area (Å²) in [6, 6.07) is 0. The maximum absolute atomic E-state index is 8.88. The summed E-state index contributed by atoms with van der Waals surface area (Å²) < 4.78 is 0. The van der Waals surface area contributed by atoms with Crippen LogP contribution in [0.15, 0.2) is 5.38 Å². The summed E-state index contributed by atoms with van der Waals surface area (Å²) in [6.45, 7) is 0.0705. The molecule has 1 aromatic rings. The Morgan fingerprint density at radius 2 is 2.46 bits per heavy atom. The number of aliphatic hydroxyl groups excluding tert-OH is 1. The Balaban J connectivity index is 2.05. The van der Waals surface area contributed by atoms with E-state index in [4.69, 9.17) is 5.11 Å². The quantitative estimate of drug-likeness (QED) is 0.848. The van der Waals surface area contributed by atoms with E-state index in [2.05, 4.69) is 4.98 Å². The summed E-state index contributed by atoms with van der Waals surface area (Å²) in [6.07, 6.45) is 0. The van der Waals surface area contributed by atoms with Crippen LogP contribution in [0.5, 0.6) is 0 Å². The normalized spacial score (nSPS) is 23.3. The molecule has 1 fully saturated rings. The minimum absolute atomic E-state index is 0.0705. The van der Waals surface area contributed by atoms with E-state index in [0.717, 1.165) is 5.69 Å². The Morgan fingerprint density at radius 3 is 3.08 bits per heavy atom. The van der Waals surface area contributed by atoms with Gasteiger partial charge in [-0.2, -0.15) is 11.8 Å². The SMILES string of the molecule is OCc1csc(C2CSCCS2)n1. The first-order valence-electron chi connectivity index (χ1n) is 4.14. The van der Waals surface area contributed by atoms with Gasteiger partial charge in [-0.1, -0.05) is 0 Å². The van der Waals surface area contributed by atoms with Crippen LogP contribution >= 0.6 is 34.9 Å². The van der Waals surface area contributed by atoms with Gasteiger partial charge >= 0.3 is 0 Å². The van der Waals surface area contributed by atoms with E-state index >= 15 is 0 Å². The van der Waals surface area contributed by atoms with Crippen LogP contribution in [-0.4, -0.2) is 27.3 Å². The Bertz CT molecular complexity index is 270.